The molecular formula is C12H25N3. The molecule has 0 amide bonds. The number of hydrogen-bond donors (Lipinski definition) is 0. The second-order valence-electron chi connectivity index (χ2n) is 3.97. The minimum Gasteiger partial charge on any atom is -0.296 e. The molecule has 3 nitrogen and oxygen atoms in total. The SMILES string of the molecule is C=NC=NN(CC)CCCCC(C)CC. The molecule has 0 saturated carbocycles. The largest absolute Gasteiger partial charge is 0.296 e. The number of unbranched alkanes of at least 4 members (excludes halogenated alkanes) is 1. The highest BCUT2D eigenvalue weighted by Crippen LogP contribution is 2.11. The van der Waals surface area contributed by atoms with Crippen molar-refractivity contribution in [2.45, 2.75) is 46.5 Å². The summed E-state index contributed by atoms with van der Waals surface area (Å²) in [6.07, 6.45) is 6.64. The molecule has 0 aliphatic heterocycles. The van der Waals surface area contributed by atoms with E-state index in [1.54, 1.807) is 0 Å². The average molecular weight is 211 g/mol. The Morgan fingerprint density at radius 3 is 2.60 bits per heavy atom. The van der Waals surface area contributed by atoms with Crippen molar-refractivity contribution >= 4 is 13.1 Å². The maximum absolute atomic E-state index is 4.18. The molecule has 1 unspecified atom stereocenters. The maximum atomic E-state index is 4.18. The third-order valence-electron chi connectivity index (χ3n) is 2.72. The van der Waals surface area contributed by atoms with E-state index in [1.807, 2.05) is 5.01 Å². The normalized spacial score (nSPS) is 13.0. The molecule has 0 aliphatic rings. The molecule has 0 fully saturated rings. The minimum absolute atomic E-state index is 0.860. The van der Waals surface area contributed by atoms with Crippen LogP contribution in [0.1, 0.15) is 46.5 Å². The molecule has 0 saturated heterocycles. The van der Waals surface area contributed by atoms with E-state index in [0.29, 0.717) is 0 Å². The summed E-state index contributed by atoms with van der Waals surface area (Å²) >= 11 is 0. The van der Waals surface area contributed by atoms with Crippen LogP contribution in [0.5, 0.6) is 0 Å². The third kappa shape index (κ3) is 8.16. The van der Waals surface area contributed by atoms with Crippen molar-refractivity contribution in [3.63, 3.8) is 0 Å². The lowest BCUT2D eigenvalue weighted by atomic mass is 10.0. The van der Waals surface area contributed by atoms with Crippen LogP contribution < -0.4 is 0 Å². The van der Waals surface area contributed by atoms with Crippen LogP contribution in [-0.4, -0.2) is 31.2 Å². The molecule has 0 heterocycles. The Labute approximate surface area is 94.3 Å². The molecule has 0 rings (SSSR count). The fourth-order valence-corrected chi connectivity index (χ4v) is 1.40. The Morgan fingerprint density at radius 1 is 1.33 bits per heavy atom. The molecule has 3 heteroatoms. The summed E-state index contributed by atoms with van der Waals surface area (Å²) < 4.78 is 0. The zero-order valence-corrected chi connectivity index (χ0v) is 10.4. The molecule has 0 aromatic carbocycles. The van der Waals surface area contributed by atoms with Crippen LogP contribution >= 0.6 is 0 Å². The first-order valence-electron chi connectivity index (χ1n) is 5.97. The Morgan fingerprint density at radius 2 is 2.07 bits per heavy atom. The summed E-state index contributed by atoms with van der Waals surface area (Å²) in [5, 5.41) is 6.21. The van der Waals surface area contributed by atoms with E-state index in [9.17, 15) is 0 Å². The Bertz CT molecular complexity index is 178. The van der Waals surface area contributed by atoms with Gasteiger partial charge in [-0.2, -0.15) is 5.10 Å². The highest BCUT2D eigenvalue weighted by Gasteiger charge is 2.00. The predicted octanol–water partition coefficient (Wildman–Crippen LogP) is 3.17. The molecule has 0 aliphatic carbocycles. The molecule has 0 bridgehead atoms. The third-order valence-corrected chi connectivity index (χ3v) is 2.72. The molecule has 1 atom stereocenters. The van der Waals surface area contributed by atoms with Gasteiger partial charge in [0.05, 0.1) is 0 Å². The zero-order chi connectivity index (χ0) is 11.5. The van der Waals surface area contributed by atoms with Crippen LogP contribution in [0.4, 0.5) is 0 Å². The molecule has 0 spiro atoms. The predicted molar refractivity (Wildman–Crippen MR) is 68.6 cm³/mol. The number of aliphatic imine (C=N–C) groups is 1. The lowest BCUT2D eigenvalue weighted by molar-refractivity contribution is 0.293. The average Bonchev–Trinajstić information content (AvgIpc) is 2.27. The molecule has 0 aromatic heterocycles. The van der Waals surface area contributed by atoms with Crippen molar-refractivity contribution in [1.29, 1.82) is 0 Å². The summed E-state index contributed by atoms with van der Waals surface area (Å²) in [7, 11) is 0. The van der Waals surface area contributed by atoms with E-state index in [0.717, 1.165) is 19.0 Å². The van der Waals surface area contributed by atoms with Gasteiger partial charge in [-0.1, -0.05) is 33.1 Å². The van der Waals surface area contributed by atoms with Gasteiger partial charge in [0, 0.05) is 13.1 Å². The lowest BCUT2D eigenvalue weighted by Crippen LogP contribution is -2.18. The van der Waals surface area contributed by atoms with Gasteiger partial charge in [-0.15, -0.1) is 0 Å². The number of nitrogens with zero attached hydrogens (tertiary/aromatic N) is 3. The van der Waals surface area contributed by atoms with Gasteiger partial charge in [0.25, 0.3) is 0 Å². The van der Waals surface area contributed by atoms with Gasteiger partial charge in [-0.25, -0.2) is 0 Å². The Balaban J connectivity index is 3.54. The van der Waals surface area contributed by atoms with E-state index < -0.39 is 0 Å². The van der Waals surface area contributed by atoms with Crippen LogP contribution in [0.2, 0.25) is 0 Å². The number of rotatable bonds is 9. The standard InChI is InChI=1S/C12H25N3/c1-5-12(3)9-7-8-10-15(6-2)14-11-13-4/h11-12H,4-10H2,1-3H3. The van der Waals surface area contributed by atoms with Crippen LogP contribution in [-0.2, 0) is 0 Å². The van der Waals surface area contributed by atoms with E-state index in [2.05, 4.69) is 37.6 Å². The van der Waals surface area contributed by atoms with Crippen molar-refractivity contribution in [3.8, 4) is 0 Å². The second kappa shape index (κ2) is 9.69. The van der Waals surface area contributed by atoms with Crippen LogP contribution in [0.25, 0.3) is 0 Å². The fraction of sp³-hybridized carbons (Fsp3) is 0.833. The van der Waals surface area contributed by atoms with Crippen molar-refractivity contribution in [3.05, 3.63) is 0 Å². The van der Waals surface area contributed by atoms with E-state index in [4.69, 9.17) is 0 Å². The summed E-state index contributed by atoms with van der Waals surface area (Å²) in [5.74, 6) is 0.860. The molecule has 0 radical (unpaired) electrons. The molecular weight excluding hydrogens is 186 g/mol. The first-order valence-corrected chi connectivity index (χ1v) is 5.97. The zero-order valence-electron chi connectivity index (χ0n) is 10.4. The smallest absolute Gasteiger partial charge is 0.134 e. The van der Waals surface area contributed by atoms with E-state index >= 15 is 0 Å². The van der Waals surface area contributed by atoms with Crippen LogP contribution in [0.15, 0.2) is 10.1 Å². The Kier molecular flexibility index (Phi) is 9.13. The van der Waals surface area contributed by atoms with Crippen LogP contribution in [0, 0.1) is 5.92 Å². The molecule has 0 N–H and O–H groups in total. The quantitative estimate of drug-likeness (QED) is 0.249. The number of hydrogen-bond acceptors (Lipinski definition) is 2. The first kappa shape index (κ1) is 14.1. The monoisotopic (exact) mass is 211 g/mol. The molecule has 0 aromatic rings. The van der Waals surface area contributed by atoms with Gasteiger partial charge in [0.2, 0.25) is 0 Å². The van der Waals surface area contributed by atoms with Gasteiger partial charge in [-0.3, -0.25) is 10.0 Å². The molecule has 88 valence electrons. The lowest BCUT2D eigenvalue weighted by Gasteiger charge is -2.16. The van der Waals surface area contributed by atoms with Gasteiger partial charge >= 0.3 is 0 Å². The fourth-order valence-electron chi connectivity index (χ4n) is 1.40. The summed E-state index contributed by atoms with van der Waals surface area (Å²) in [5.41, 5.74) is 0. The van der Waals surface area contributed by atoms with E-state index in [1.165, 1.54) is 32.0 Å². The summed E-state index contributed by atoms with van der Waals surface area (Å²) in [6, 6.07) is 0. The first-order chi connectivity index (χ1) is 7.24. The topological polar surface area (TPSA) is 28.0 Å². The van der Waals surface area contributed by atoms with E-state index in [-0.39, 0.29) is 0 Å². The Hall–Kier alpha value is -0.860. The maximum Gasteiger partial charge on any atom is 0.134 e. The van der Waals surface area contributed by atoms with Crippen molar-refractivity contribution < 1.29 is 0 Å². The van der Waals surface area contributed by atoms with Gasteiger partial charge in [0.1, 0.15) is 6.34 Å². The van der Waals surface area contributed by atoms with Crippen molar-refractivity contribution in [2.24, 2.45) is 16.0 Å². The minimum atomic E-state index is 0.860. The second-order valence-corrected chi connectivity index (χ2v) is 3.97. The summed E-state index contributed by atoms with van der Waals surface area (Å²) in [6.45, 7) is 12.0. The number of hydrazone groups is 1. The summed E-state index contributed by atoms with van der Waals surface area (Å²) in [4.78, 5) is 3.61. The van der Waals surface area contributed by atoms with Gasteiger partial charge in [0.15, 0.2) is 0 Å². The van der Waals surface area contributed by atoms with Gasteiger partial charge in [-0.05, 0) is 26.0 Å². The molecule has 15 heavy (non-hydrogen) atoms. The highest BCUT2D eigenvalue weighted by molar-refractivity contribution is 5.61. The van der Waals surface area contributed by atoms with Crippen molar-refractivity contribution in [1.82, 2.24) is 5.01 Å². The van der Waals surface area contributed by atoms with Crippen molar-refractivity contribution in [2.75, 3.05) is 13.1 Å². The van der Waals surface area contributed by atoms with Crippen LogP contribution in [0.3, 0.4) is 0 Å². The highest BCUT2D eigenvalue weighted by atomic mass is 15.4. The van der Waals surface area contributed by atoms with Gasteiger partial charge < -0.3 is 0 Å².